The normalized spacial score (nSPS) is 16.5. The highest BCUT2D eigenvalue weighted by molar-refractivity contribution is 5.81. The number of carbonyl (C=O) groups excluding carboxylic acids is 1. The van der Waals surface area contributed by atoms with Crippen LogP contribution in [0.3, 0.4) is 0 Å². The number of hydrogen-bond acceptors (Lipinski definition) is 3. The zero-order valence-corrected chi connectivity index (χ0v) is 9.90. The number of carbonyl (C=O) groups is 1. The monoisotopic (exact) mass is 214 g/mol. The Labute approximate surface area is 92.1 Å². The van der Waals surface area contributed by atoms with Crippen LogP contribution in [0.4, 0.5) is 0 Å². The van der Waals surface area contributed by atoms with E-state index < -0.39 is 0 Å². The predicted octanol–water partition coefficient (Wildman–Crippen LogP) is 2.29. The molecule has 0 aliphatic heterocycles. The summed E-state index contributed by atoms with van der Waals surface area (Å²) in [5, 5.41) is 9.33. The molecule has 3 nitrogen and oxygen atoms in total. The number of aliphatic hydroxyl groups excluding tert-OH is 1. The molecule has 0 bridgehead atoms. The number of rotatable bonds is 7. The molecule has 0 rings (SSSR count). The largest absolute Gasteiger partial charge is 0.459 e. The Bertz CT molecular complexity index is 199. The van der Waals surface area contributed by atoms with E-state index in [9.17, 15) is 9.90 Å². The smallest absolute Gasteiger partial charge is 0.330 e. The zero-order valence-electron chi connectivity index (χ0n) is 9.90. The molecule has 0 saturated heterocycles. The van der Waals surface area contributed by atoms with Gasteiger partial charge in [-0.1, -0.05) is 20.4 Å². The standard InChI is InChI=1S/C12H22O3/c1-5-10(8-9(4)13)11(6-2)15-12(14)7-3/h7,9-11,13H,3,5-6,8H2,1-2,4H3. The third-order valence-corrected chi connectivity index (χ3v) is 2.53. The third kappa shape index (κ3) is 5.57. The molecule has 3 heteroatoms. The minimum absolute atomic E-state index is 0.116. The zero-order chi connectivity index (χ0) is 11.8. The molecule has 3 atom stereocenters. The summed E-state index contributed by atoms with van der Waals surface area (Å²) in [4.78, 5) is 11.1. The number of hydrogen-bond donors (Lipinski definition) is 1. The van der Waals surface area contributed by atoms with Gasteiger partial charge in [0.25, 0.3) is 0 Å². The van der Waals surface area contributed by atoms with Gasteiger partial charge in [-0.3, -0.25) is 0 Å². The molecule has 0 aromatic rings. The minimum Gasteiger partial charge on any atom is -0.459 e. The molecular weight excluding hydrogens is 192 g/mol. The lowest BCUT2D eigenvalue weighted by molar-refractivity contribution is -0.146. The van der Waals surface area contributed by atoms with E-state index in [1.807, 2.05) is 13.8 Å². The molecule has 0 aromatic carbocycles. The first-order chi connectivity index (χ1) is 7.04. The van der Waals surface area contributed by atoms with E-state index in [0.29, 0.717) is 6.42 Å². The van der Waals surface area contributed by atoms with Crippen molar-refractivity contribution in [2.75, 3.05) is 0 Å². The summed E-state index contributed by atoms with van der Waals surface area (Å²) in [5.41, 5.74) is 0. The van der Waals surface area contributed by atoms with Crippen LogP contribution in [0, 0.1) is 5.92 Å². The Morgan fingerprint density at radius 1 is 1.47 bits per heavy atom. The van der Waals surface area contributed by atoms with E-state index in [2.05, 4.69) is 6.58 Å². The fourth-order valence-corrected chi connectivity index (χ4v) is 1.73. The molecule has 0 heterocycles. The summed E-state index contributed by atoms with van der Waals surface area (Å²) in [5.74, 6) is -0.162. The molecule has 0 saturated carbocycles. The molecule has 88 valence electrons. The van der Waals surface area contributed by atoms with Crippen molar-refractivity contribution in [3.05, 3.63) is 12.7 Å². The summed E-state index contributed by atoms with van der Waals surface area (Å²) in [6, 6.07) is 0. The van der Waals surface area contributed by atoms with Crippen LogP contribution in [0.25, 0.3) is 0 Å². The van der Waals surface area contributed by atoms with Gasteiger partial charge in [0.05, 0.1) is 6.10 Å². The van der Waals surface area contributed by atoms with Crippen molar-refractivity contribution >= 4 is 5.97 Å². The summed E-state index contributed by atoms with van der Waals surface area (Å²) in [7, 11) is 0. The fraction of sp³-hybridized carbons (Fsp3) is 0.750. The molecule has 0 spiro atoms. The SMILES string of the molecule is C=CC(=O)OC(CC)C(CC)CC(C)O. The number of esters is 1. The molecule has 3 unspecified atom stereocenters. The van der Waals surface area contributed by atoms with Crippen LogP contribution in [-0.4, -0.2) is 23.3 Å². The lowest BCUT2D eigenvalue weighted by Gasteiger charge is -2.25. The average Bonchev–Trinajstić information content (AvgIpc) is 2.22. The first-order valence-corrected chi connectivity index (χ1v) is 5.56. The van der Waals surface area contributed by atoms with E-state index in [4.69, 9.17) is 4.74 Å². The number of aliphatic hydroxyl groups is 1. The van der Waals surface area contributed by atoms with Crippen LogP contribution in [-0.2, 0) is 9.53 Å². The van der Waals surface area contributed by atoms with E-state index >= 15 is 0 Å². The maximum absolute atomic E-state index is 11.1. The van der Waals surface area contributed by atoms with E-state index in [1.54, 1.807) is 6.92 Å². The summed E-state index contributed by atoms with van der Waals surface area (Å²) >= 11 is 0. The van der Waals surface area contributed by atoms with E-state index in [1.165, 1.54) is 6.08 Å². The highest BCUT2D eigenvalue weighted by Crippen LogP contribution is 2.21. The maximum Gasteiger partial charge on any atom is 0.330 e. The second kappa shape index (κ2) is 7.46. The second-order valence-electron chi connectivity index (χ2n) is 3.84. The lowest BCUT2D eigenvalue weighted by atomic mass is 9.91. The molecule has 0 amide bonds. The molecule has 0 fully saturated rings. The van der Waals surface area contributed by atoms with E-state index in [0.717, 1.165) is 12.8 Å². The minimum atomic E-state index is -0.383. The van der Waals surface area contributed by atoms with E-state index in [-0.39, 0.29) is 24.1 Å². The quantitative estimate of drug-likeness (QED) is 0.522. The first kappa shape index (κ1) is 14.2. The van der Waals surface area contributed by atoms with Crippen LogP contribution < -0.4 is 0 Å². The van der Waals surface area contributed by atoms with Crippen LogP contribution in [0.5, 0.6) is 0 Å². The van der Waals surface area contributed by atoms with Gasteiger partial charge < -0.3 is 9.84 Å². The van der Waals surface area contributed by atoms with Gasteiger partial charge in [-0.25, -0.2) is 4.79 Å². The maximum atomic E-state index is 11.1. The Balaban J connectivity index is 4.32. The first-order valence-electron chi connectivity index (χ1n) is 5.56. The van der Waals surface area contributed by atoms with Gasteiger partial charge >= 0.3 is 5.97 Å². The van der Waals surface area contributed by atoms with Gasteiger partial charge in [0.1, 0.15) is 6.10 Å². The van der Waals surface area contributed by atoms with Crippen LogP contribution in [0.1, 0.15) is 40.0 Å². The van der Waals surface area contributed by atoms with Gasteiger partial charge in [0.2, 0.25) is 0 Å². The third-order valence-electron chi connectivity index (χ3n) is 2.53. The predicted molar refractivity (Wildman–Crippen MR) is 60.4 cm³/mol. The average molecular weight is 214 g/mol. The van der Waals surface area contributed by atoms with Gasteiger partial charge in [-0.05, 0) is 32.1 Å². The fourth-order valence-electron chi connectivity index (χ4n) is 1.73. The van der Waals surface area contributed by atoms with Crippen molar-refractivity contribution in [1.29, 1.82) is 0 Å². The molecular formula is C12H22O3. The molecule has 0 aromatic heterocycles. The molecule has 15 heavy (non-hydrogen) atoms. The van der Waals surface area contributed by atoms with Crippen LogP contribution >= 0.6 is 0 Å². The van der Waals surface area contributed by atoms with Crippen molar-refractivity contribution in [1.82, 2.24) is 0 Å². The Kier molecular flexibility index (Phi) is 7.05. The molecule has 1 N–H and O–H groups in total. The van der Waals surface area contributed by atoms with Crippen molar-refractivity contribution < 1.29 is 14.6 Å². The highest BCUT2D eigenvalue weighted by atomic mass is 16.5. The second-order valence-corrected chi connectivity index (χ2v) is 3.84. The number of ether oxygens (including phenoxy) is 1. The van der Waals surface area contributed by atoms with Crippen LogP contribution in [0.2, 0.25) is 0 Å². The van der Waals surface area contributed by atoms with Crippen molar-refractivity contribution in [3.63, 3.8) is 0 Å². The summed E-state index contributed by atoms with van der Waals surface area (Å²) in [6.45, 7) is 9.14. The Hall–Kier alpha value is -0.830. The van der Waals surface area contributed by atoms with Gasteiger partial charge in [-0.15, -0.1) is 0 Å². The highest BCUT2D eigenvalue weighted by Gasteiger charge is 2.22. The topological polar surface area (TPSA) is 46.5 Å². The molecule has 0 radical (unpaired) electrons. The van der Waals surface area contributed by atoms with Crippen LogP contribution in [0.15, 0.2) is 12.7 Å². The Morgan fingerprint density at radius 3 is 2.40 bits per heavy atom. The van der Waals surface area contributed by atoms with Gasteiger partial charge in [0.15, 0.2) is 0 Å². The van der Waals surface area contributed by atoms with Gasteiger partial charge in [0, 0.05) is 6.08 Å². The summed E-state index contributed by atoms with van der Waals surface area (Å²) < 4.78 is 5.23. The Morgan fingerprint density at radius 2 is 2.07 bits per heavy atom. The molecule has 0 aliphatic carbocycles. The van der Waals surface area contributed by atoms with Crippen molar-refractivity contribution in [2.24, 2.45) is 5.92 Å². The summed E-state index contributed by atoms with van der Waals surface area (Å²) in [6.07, 6.45) is 3.04. The van der Waals surface area contributed by atoms with Gasteiger partial charge in [-0.2, -0.15) is 0 Å². The lowest BCUT2D eigenvalue weighted by Crippen LogP contribution is -2.27. The van der Waals surface area contributed by atoms with Crippen molar-refractivity contribution in [3.8, 4) is 0 Å². The van der Waals surface area contributed by atoms with Crippen molar-refractivity contribution in [2.45, 2.75) is 52.2 Å². The molecule has 0 aliphatic rings.